The zero-order valence-electron chi connectivity index (χ0n) is 11.5. The Kier molecular flexibility index (Phi) is 4.16. The molecule has 2 rings (SSSR count). The molecule has 7 nitrogen and oxygen atoms in total. The molecule has 0 bridgehead atoms. The van der Waals surface area contributed by atoms with Crippen LogP contribution in [0.1, 0.15) is 18.3 Å². The summed E-state index contributed by atoms with van der Waals surface area (Å²) in [6.45, 7) is 4.68. The van der Waals surface area contributed by atoms with E-state index in [4.69, 9.17) is 5.11 Å². The number of nitrogens with zero attached hydrogens (tertiary/aromatic N) is 3. The van der Waals surface area contributed by atoms with Crippen LogP contribution in [0.15, 0.2) is 12.4 Å². The largest absolute Gasteiger partial charge is 0.481 e. The summed E-state index contributed by atoms with van der Waals surface area (Å²) in [6.07, 6.45) is 3.25. The Balaban J connectivity index is 1.87. The monoisotopic (exact) mass is 278 g/mol. The van der Waals surface area contributed by atoms with Gasteiger partial charge in [0.05, 0.1) is 30.0 Å². The lowest BCUT2D eigenvalue weighted by molar-refractivity contribution is -0.142. The number of carbonyl (C=O) groups excluding carboxylic acids is 1. The van der Waals surface area contributed by atoms with Gasteiger partial charge < -0.3 is 15.3 Å². The molecule has 0 saturated carbocycles. The summed E-state index contributed by atoms with van der Waals surface area (Å²) in [7, 11) is 0. The van der Waals surface area contributed by atoms with Crippen LogP contribution in [0.25, 0.3) is 0 Å². The molecule has 0 spiro atoms. The van der Waals surface area contributed by atoms with Crippen LogP contribution in [-0.2, 0) is 11.3 Å². The molecule has 1 saturated heterocycles. The molecule has 0 aromatic carbocycles. The number of amides is 2. The number of carboxylic acid groups (broad SMARTS) is 1. The van der Waals surface area contributed by atoms with E-state index in [0.29, 0.717) is 12.2 Å². The van der Waals surface area contributed by atoms with Gasteiger partial charge >= 0.3 is 12.0 Å². The van der Waals surface area contributed by atoms with Gasteiger partial charge in [0.15, 0.2) is 0 Å². The van der Waals surface area contributed by atoms with E-state index in [1.54, 1.807) is 12.4 Å². The molecule has 20 heavy (non-hydrogen) atoms. The van der Waals surface area contributed by atoms with Crippen LogP contribution in [0.4, 0.5) is 4.79 Å². The number of rotatable bonds is 3. The molecule has 7 heteroatoms. The second kappa shape index (κ2) is 5.85. The Morgan fingerprint density at radius 2 is 2.15 bits per heavy atom. The molecule has 108 valence electrons. The standard InChI is InChI=1S/C13H18N4O3/c1-8-6-17(7-11(8)12(18)19)13(20)16-5-10-4-14-9(2)3-15-10/h3-4,8,11H,5-7H2,1-2H3,(H,16,20)(H,18,19)/t8-,11-/m1/s1. The summed E-state index contributed by atoms with van der Waals surface area (Å²) in [5, 5.41) is 11.8. The van der Waals surface area contributed by atoms with Crippen molar-refractivity contribution in [2.24, 2.45) is 11.8 Å². The van der Waals surface area contributed by atoms with Gasteiger partial charge in [0.1, 0.15) is 0 Å². The molecule has 1 fully saturated rings. The molecule has 1 aromatic rings. The van der Waals surface area contributed by atoms with Gasteiger partial charge in [0.2, 0.25) is 0 Å². The molecule has 0 radical (unpaired) electrons. The molecular formula is C13H18N4O3. The van der Waals surface area contributed by atoms with E-state index in [1.165, 1.54) is 4.90 Å². The zero-order chi connectivity index (χ0) is 14.7. The van der Waals surface area contributed by atoms with Crippen LogP contribution < -0.4 is 5.32 Å². The number of carboxylic acids is 1. The number of carbonyl (C=O) groups is 2. The smallest absolute Gasteiger partial charge is 0.317 e. The van der Waals surface area contributed by atoms with Crippen molar-refractivity contribution >= 4 is 12.0 Å². The summed E-state index contributed by atoms with van der Waals surface area (Å²) in [5.74, 6) is -1.37. The van der Waals surface area contributed by atoms with Crippen LogP contribution in [0.3, 0.4) is 0 Å². The van der Waals surface area contributed by atoms with Crippen LogP contribution >= 0.6 is 0 Å². The maximum atomic E-state index is 12.0. The van der Waals surface area contributed by atoms with E-state index in [1.807, 2.05) is 13.8 Å². The summed E-state index contributed by atoms with van der Waals surface area (Å²) in [6, 6.07) is -0.261. The number of likely N-dealkylation sites (tertiary alicyclic amines) is 1. The molecule has 2 heterocycles. The van der Waals surface area contributed by atoms with Crippen molar-refractivity contribution in [1.29, 1.82) is 0 Å². The van der Waals surface area contributed by atoms with Crippen molar-refractivity contribution in [3.05, 3.63) is 23.8 Å². The topological polar surface area (TPSA) is 95.4 Å². The van der Waals surface area contributed by atoms with Crippen LogP contribution in [0, 0.1) is 18.8 Å². The van der Waals surface area contributed by atoms with Crippen molar-refractivity contribution in [2.75, 3.05) is 13.1 Å². The Bertz CT molecular complexity index is 503. The van der Waals surface area contributed by atoms with Crippen LogP contribution in [0.2, 0.25) is 0 Å². The highest BCUT2D eigenvalue weighted by molar-refractivity contribution is 5.77. The second-order valence-electron chi connectivity index (χ2n) is 5.13. The van der Waals surface area contributed by atoms with Crippen molar-refractivity contribution < 1.29 is 14.7 Å². The number of nitrogens with one attached hydrogen (secondary N) is 1. The third kappa shape index (κ3) is 3.23. The fourth-order valence-corrected chi connectivity index (χ4v) is 2.24. The van der Waals surface area contributed by atoms with Gasteiger partial charge in [0, 0.05) is 19.3 Å². The van der Waals surface area contributed by atoms with Gasteiger partial charge in [-0.15, -0.1) is 0 Å². The van der Waals surface area contributed by atoms with Gasteiger partial charge in [0.25, 0.3) is 0 Å². The van der Waals surface area contributed by atoms with Crippen LogP contribution in [0.5, 0.6) is 0 Å². The predicted molar refractivity (Wildman–Crippen MR) is 70.9 cm³/mol. The minimum Gasteiger partial charge on any atom is -0.481 e. The molecule has 2 atom stereocenters. The fraction of sp³-hybridized carbons (Fsp3) is 0.538. The lowest BCUT2D eigenvalue weighted by Crippen LogP contribution is -2.38. The van der Waals surface area contributed by atoms with Gasteiger partial charge in [-0.2, -0.15) is 0 Å². The first kappa shape index (κ1) is 14.2. The minimum atomic E-state index is -0.850. The van der Waals surface area contributed by atoms with Crippen molar-refractivity contribution in [3.8, 4) is 0 Å². The first-order chi connectivity index (χ1) is 9.47. The minimum absolute atomic E-state index is 0.0302. The quantitative estimate of drug-likeness (QED) is 0.846. The van der Waals surface area contributed by atoms with E-state index in [9.17, 15) is 9.59 Å². The maximum absolute atomic E-state index is 12.0. The highest BCUT2D eigenvalue weighted by Crippen LogP contribution is 2.22. The predicted octanol–water partition coefficient (Wildman–Crippen LogP) is 0.647. The highest BCUT2D eigenvalue weighted by Gasteiger charge is 2.36. The summed E-state index contributed by atoms with van der Waals surface area (Å²) >= 11 is 0. The Hall–Kier alpha value is -2.18. The zero-order valence-corrected chi connectivity index (χ0v) is 11.5. The Morgan fingerprint density at radius 3 is 2.70 bits per heavy atom. The second-order valence-corrected chi connectivity index (χ2v) is 5.13. The van der Waals surface area contributed by atoms with Gasteiger partial charge in [-0.3, -0.25) is 14.8 Å². The Morgan fingerprint density at radius 1 is 1.40 bits per heavy atom. The highest BCUT2D eigenvalue weighted by atomic mass is 16.4. The van der Waals surface area contributed by atoms with E-state index in [-0.39, 0.29) is 25.0 Å². The third-order valence-corrected chi connectivity index (χ3v) is 3.47. The van der Waals surface area contributed by atoms with E-state index in [2.05, 4.69) is 15.3 Å². The summed E-state index contributed by atoms with van der Waals surface area (Å²) in [5.41, 5.74) is 1.49. The first-order valence-corrected chi connectivity index (χ1v) is 6.50. The van der Waals surface area contributed by atoms with Crippen molar-refractivity contribution in [2.45, 2.75) is 20.4 Å². The first-order valence-electron chi connectivity index (χ1n) is 6.50. The summed E-state index contributed by atoms with van der Waals surface area (Å²) in [4.78, 5) is 32.8. The SMILES string of the molecule is Cc1cnc(CNC(=O)N2C[C@@H](C)[C@H](C(=O)O)C2)cn1. The molecule has 2 N–H and O–H groups in total. The average molecular weight is 278 g/mol. The van der Waals surface area contributed by atoms with Gasteiger partial charge in [-0.1, -0.05) is 6.92 Å². The van der Waals surface area contributed by atoms with E-state index >= 15 is 0 Å². The van der Waals surface area contributed by atoms with Crippen LogP contribution in [-0.4, -0.2) is 45.1 Å². The maximum Gasteiger partial charge on any atom is 0.317 e. The lowest BCUT2D eigenvalue weighted by Gasteiger charge is -2.16. The number of hydrogen-bond donors (Lipinski definition) is 2. The number of aliphatic carboxylic acids is 1. The average Bonchev–Trinajstić information content (AvgIpc) is 2.80. The van der Waals surface area contributed by atoms with Crippen molar-refractivity contribution in [3.63, 3.8) is 0 Å². The molecular weight excluding hydrogens is 260 g/mol. The normalized spacial score (nSPS) is 21.8. The molecule has 1 aromatic heterocycles. The molecule has 0 unspecified atom stereocenters. The van der Waals surface area contributed by atoms with E-state index < -0.39 is 11.9 Å². The van der Waals surface area contributed by atoms with Crippen molar-refractivity contribution in [1.82, 2.24) is 20.2 Å². The van der Waals surface area contributed by atoms with Gasteiger partial charge in [-0.25, -0.2) is 4.79 Å². The fourth-order valence-electron chi connectivity index (χ4n) is 2.24. The Labute approximate surface area is 117 Å². The number of aromatic nitrogens is 2. The molecule has 0 aliphatic carbocycles. The summed E-state index contributed by atoms with van der Waals surface area (Å²) < 4.78 is 0. The number of urea groups is 1. The number of hydrogen-bond acceptors (Lipinski definition) is 4. The number of aryl methyl sites for hydroxylation is 1. The lowest BCUT2D eigenvalue weighted by atomic mass is 9.99. The molecule has 1 aliphatic rings. The third-order valence-electron chi connectivity index (χ3n) is 3.47. The molecule has 1 aliphatic heterocycles. The molecule has 2 amide bonds. The van der Waals surface area contributed by atoms with Gasteiger partial charge in [-0.05, 0) is 12.8 Å². The van der Waals surface area contributed by atoms with E-state index in [0.717, 1.165) is 5.69 Å².